The van der Waals surface area contributed by atoms with Crippen LogP contribution in [0.3, 0.4) is 0 Å². The number of hydrogen-bond donors (Lipinski definition) is 1. The lowest BCUT2D eigenvalue weighted by atomic mass is 10.3. The van der Waals surface area contributed by atoms with Gasteiger partial charge in [-0.15, -0.1) is 0 Å². The largest absolute Gasteiger partial charge is 0.438 e. The van der Waals surface area contributed by atoms with Crippen LogP contribution in [0.1, 0.15) is 5.56 Å². The normalized spacial score (nSPS) is 10.3. The van der Waals surface area contributed by atoms with Gasteiger partial charge in [0.05, 0.1) is 4.47 Å². The van der Waals surface area contributed by atoms with Crippen LogP contribution in [0.4, 0.5) is 5.69 Å². The third-order valence-electron chi connectivity index (χ3n) is 2.23. The maximum atomic E-state index is 5.80. The second-order valence-electron chi connectivity index (χ2n) is 3.56. The number of ether oxygens (including phenoxy) is 1. The van der Waals surface area contributed by atoms with Gasteiger partial charge in [0.25, 0.3) is 0 Å². The molecule has 3 nitrogen and oxygen atoms in total. The van der Waals surface area contributed by atoms with Crippen molar-refractivity contribution in [3.05, 3.63) is 45.0 Å². The first-order valence-electron chi connectivity index (χ1n) is 4.91. The summed E-state index contributed by atoms with van der Waals surface area (Å²) in [6, 6.07) is 7.38. The highest BCUT2D eigenvalue weighted by molar-refractivity contribution is 9.11. The van der Waals surface area contributed by atoms with Crippen molar-refractivity contribution in [2.45, 2.75) is 6.92 Å². The molecule has 2 rings (SSSR count). The molecule has 1 aromatic carbocycles. The molecule has 0 bridgehead atoms. The Morgan fingerprint density at radius 1 is 1.24 bits per heavy atom. The Morgan fingerprint density at radius 2 is 2.00 bits per heavy atom. The monoisotopic (exact) mass is 356 g/mol. The highest BCUT2D eigenvalue weighted by Crippen LogP contribution is 2.31. The van der Waals surface area contributed by atoms with E-state index in [0.717, 1.165) is 14.5 Å². The standard InChI is InChI=1S/C12H10Br2N2O/c1-7-6-16-12(5-10(7)15)17-11-3-2-8(13)4-9(11)14/h2-6H,1H3,(H2,15,16). The predicted octanol–water partition coefficient (Wildman–Crippen LogP) is 4.29. The molecule has 1 heterocycles. The summed E-state index contributed by atoms with van der Waals surface area (Å²) in [6.07, 6.45) is 1.69. The smallest absolute Gasteiger partial charge is 0.221 e. The zero-order valence-electron chi connectivity index (χ0n) is 9.08. The van der Waals surface area contributed by atoms with E-state index < -0.39 is 0 Å². The molecule has 0 aliphatic heterocycles. The van der Waals surface area contributed by atoms with Crippen molar-refractivity contribution in [1.29, 1.82) is 0 Å². The average Bonchev–Trinajstić information content (AvgIpc) is 2.27. The zero-order valence-corrected chi connectivity index (χ0v) is 12.2. The zero-order chi connectivity index (χ0) is 12.4. The lowest BCUT2D eigenvalue weighted by Gasteiger charge is -2.08. The SMILES string of the molecule is Cc1cnc(Oc2ccc(Br)cc2Br)cc1N. The Morgan fingerprint density at radius 3 is 2.65 bits per heavy atom. The molecule has 1 aromatic heterocycles. The molecule has 2 N–H and O–H groups in total. The first-order chi connectivity index (χ1) is 8.06. The van der Waals surface area contributed by atoms with Crippen LogP contribution in [-0.4, -0.2) is 4.98 Å². The summed E-state index contributed by atoms with van der Waals surface area (Å²) in [6.45, 7) is 1.90. The van der Waals surface area contributed by atoms with E-state index in [1.165, 1.54) is 0 Å². The van der Waals surface area contributed by atoms with E-state index in [1.807, 2.05) is 25.1 Å². The number of nitrogen functional groups attached to an aromatic ring is 1. The van der Waals surface area contributed by atoms with Crippen molar-refractivity contribution in [1.82, 2.24) is 4.98 Å². The molecule has 0 atom stereocenters. The van der Waals surface area contributed by atoms with Crippen molar-refractivity contribution < 1.29 is 4.74 Å². The molecule has 0 fully saturated rings. The van der Waals surface area contributed by atoms with E-state index >= 15 is 0 Å². The molecule has 0 aliphatic rings. The van der Waals surface area contributed by atoms with E-state index in [2.05, 4.69) is 36.8 Å². The summed E-state index contributed by atoms with van der Waals surface area (Å²) in [7, 11) is 0. The van der Waals surface area contributed by atoms with Crippen LogP contribution in [0.15, 0.2) is 39.4 Å². The Bertz CT molecular complexity index is 558. The Hall–Kier alpha value is -1.07. The maximum Gasteiger partial charge on any atom is 0.221 e. The number of nitrogens with zero attached hydrogens (tertiary/aromatic N) is 1. The summed E-state index contributed by atoms with van der Waals surface area (Å²) in [5.74, 6) is 1.18. The number of pyridine rings is 1. The molecule has 0 amide bonds. The topological polar surface area (TPSA) is 48.1 Å². The van der Waals surface area contributed by atoms with Crippen LogP contribution in [0.5, 0.6) is 11.6 Å². The van der Waals surface area contributed by atoms with Crippen molar-refractivity contribution >= 4 is 37.5 Å². The fraction of sp³-hybridized carbons (Fsp3) is 0.0833. The van der Waals surface area contributed by atoms with Gasteiger partial charge in [-0.2, -0.15) is 0 Å². The molecule has 17 heavy (non-hydrogen) atoms. The van der Waals surface area contributed by atoms with Gasteiger partial charge in [0.1, 0.15) is 5.75 Å². The first-order valence-corrected chi connectivity index (χ1v) is 6.50. The predicted molar refractivity (Wildman–Crippen MR) is 75.3 cm³/mol. The van der Waals surface area contributed by atoms with E-state index in [-0.39, 0.29) is 0 Å². The van der Waals surface area contributed by atoms with Crippen LogP contribution in [0, 0.1) is 6.92 Å². The van der Waals surface area contributed by atoms with E-state index in [1.54, 1.807) is 12.3 Å². The van der Waals surface area contributed by atoms with Gasteiger partial charge in [-0.05, 0) is 46.6 Å². The molecule has 5 heteroatoms. The third kappa shape index (κ3) is 2.98. The summed E-state index contributed by atoms with van der Waals surface area (Å²) in [5.41, 5.74) is 7.40. The first kappa shape index (κ1) is 12.4. The molecule has 0 spiro atoms. The number of anilines is 1. The van der Waals surface area contributed by atoms with Crippen molar-refractivity contribution in [2.24, 2.45) is 0 Å². The molecular weight excluding hydrogens is 348 g/mol. The average molecular weight is 358 g/mol. The summed E-state index contributed by atoms with van der Waals surface area (Å²) in [4.78, 5) is 4.16. The van der Waals surface area contributed by atoms with Crippen LogP contribution >= 0.6 is 31.9 Å². The quantitative estimate of drug-likeness (QED) is 0.872. The number of nitrogens with two attached hydrogens (primary N) is 1. The number of aromatic nitrogens is 1. The van der Waals surface area contributed by atoms with Gasteiger partial charge >= 0.3 is 0 Å². The molecule has 0 radical (unpaired) electrons. The van der Waals surface area contributed by atoms with Crippen molar-refractivity contribution in [2.75, 3.05) is 5.73 Å². The number of aryl methyl sites for hydroxylation is 1. The van der Waals surface area contributed by atoms with Gasteiger partial charge in [-0.3, -0.25) is 0 Å². The number of rotatable bonds is 2. The van der Waals surface area contributed by atoms with Crippen LogP contribution in [0.2, 0.25) is 0 Å². The van der Waals surface area contributed by atoms with Crippen molar-refractivity contribution in [3.63, 3.8) is 0 Å². The van der Waals surface area contributed by atoms with Gasteiger partial charge in [0.2, 0.25) is 5.88 Å². The molecule has 2 aromatic rings. The minimum absolute atomic E-state index is 0.483. The highest BCUT2D eigenvalue weighted by Gasteiger charge is 2.05. The van der Waals surface area contributed by atoms with Gasteiger partial charge in [0.15, 0.2) is 0 Å². The van der Waals surface area contributed by atoms with Crippen LogP contribution in [0.25, 0.3) is 0 Å². The second-order valence-corrected chi connectivity index (χ2v) is 5.33. The fourth-order valence-corrected chi connectivity index (χ4v) is 2.37. The summed E-state index contributed by atoms with van der Waals surface area (Å²) >= 11 is 6.81. The summed E-state index contributed by atoms with van der Waals surface area (Å²) in [5, 5.41) is 0. The lowest BCUT2D eigenvalue weighted by Crippen LogP contribution is -1.94. The molecular formula is C12H10Br2N2O. The minimum Gasteiger partial charge on any atom is -0.438 e. The Balaban J connectivity index is 2.28. The Kier molecular flexibility index (Phi) is 3.69. The van der Waals surface area contributed by atoms with Crippen molar-refractivity contribution in [3.8, 4) is 11.6 Å². The number of halogens is 2. The van der Waals surface area contributed by atoms with Gasteiger partial charge in [0, 0.05) is 22.4 Å². The van der Waals surface area contributed by atoms with Crippen LogP contribution in [-0.2, 0) is 0 Å². The Labute approximate surface area is 116 Å². The summed E-state index contributed by atoms with van der Waals surface area (Å²) < 4.78 is 7.48. The van der Waals surface area contributed by atoms with E-state index in [4.69, 9.17) is 10.5 Å². The second kappa shape index (κ2) is 5.06. The third-order valence-corrected chi connectivity index (χ3v) is 3.34. The van der Waals surface area contributed by atoms with Gasteiger partial charge < -0.3 is 10.5 Å². The van der Waals surface area contributed by atoms with Gasteiger partial charge in [-0.25, -0.2) is 4.98 Å². The fourth-order valence-electron chi connectivity index (χ4n) is 1.25. The molecule has 0 unspecified atom stereocenters. The molecule has 0 saturated heterocycles. The molecule has 88 valence electrons. The van der Waals surface area contributed by atoms with E-state index in [0.29, 0.717) is 17.3 Å². The maximum absolute atomic E-state index is 5.80. The lowest BCUT2D eigenvalue weighted by molar-refractivity contribution is 0.460. The minimum atomic E-state index is 0.483. The number of benzene rings is 1. The van der Waals surface area contributed by atoms with E-state index in [9.17, 15) is 0 Å². The molecule has 0 saturated carbocycles. The highest BCUT2D eigenvalue weighted by atomic mass is 79.9. The van der Waals surface area contributed by atoms with Gasteiger partial charge in [-0.1, -0.05) is 15.9 Å². The van der Waals surface area contributed by atoms with Crippen LogP contribution < -0.4 is 10.5 Å². The number of hydrogen-bond acceptors (Lipinski definition) is 3. The molecule has 0 aliphatic carbocycles.